The van der Waals surface area contributed by atoms with Crippen LogP contribution in [0.1, 0.15) is 43.4 Å². The van der Waals surface area contributed by atoms with E-state index < -0.39 is 0 Å². The first-order valence-corrected chi connectivity index (χ1v) is 11.0. The molecule has 0 aliphatic heterocycles. The second kappa shape index (κ2) is 7.63. The van der Waals surface area contributed by atoms with E-state index in [4.69, 9.17) is 10.7 Å². The van der Waals surface area contributed by atoms with Crippen molar-refractivity contribution >= 4 is 32.5 Å². The summed E-state index contributed by atoms with van der Waals surface area (Å²) in [5, 5.41) is 13.9. The molecule has 4 aromatic rings. The summed E-state index contributed by atoms with van der Waals surface area (Å²) in [6, 6.07) is 4.61. The van der Waals surface area contributed by atoms with Gasteiger partial charge in [0.15, 0.2) is 16.6 Å². The Hall–Kier alpha value is -3.09. The second-order valence-corrected chi connectivity index (χ2v) is 8.87. The number of nitriles is 1. The predicted octanol–water partition coefficient (Wildman–Crippen LogP) is 3.65. The number of thiazole rings is 1. The van der Waals surface area contributed by atoms with Gasteiger partial charge in [-0.3, -0.25) is 0 Å². The number of nitrogens with zero attached hydrogens (tertiary/aromatic N) is 6. The van der Waals surface area contributed by atoms with Gasteiger partial charge in [0, 0.05) is 30.0 Å². The monoisotopic (exact) mass is 418 g/mol. The number of rotatable bonds is 3. The molecule has 0 radical (unpaired) electrons. The summed E-state index contributed by atoms with van der Waals surface area (Å²) in [5.74, 6) is 0.568. The van der Waals surface area contributed by atoms with Crippen molar-refractivity contribution in [2.24, 2.45) is 5.73 Å². The molecule has 2 unspecified atom stereocenters. The van der Waals surface area contributed by atoms with Crippen LogP contribution in [-0.4, -0.2) is 36.4 Å². The molecule has 5 rings (SSSR count). The van der Waals surface area contributed by atoms with E-state index in [-0.39, 0.29) is 6.04 Å². The average molecular weight is 419 g/mol. The normalized spacial score (nSPS) is 19.6. The molecule has 0 spiro atoms. The van der Waals surface area contributed by atoms with Gasteiger partial charge >= 0.3 is 0 Å². The van der Waals surface area contributed by atoms with Gasteiger partial charge in [-0.2, -0.15) is 5.26 Å². The van der Waals surface area contributed by atoms with E-state index >= 15 is 0 Å². The molecule has 4 heterocycles. The number of aromatic nitrogens is 5. The number of aryl methyl sites for hydroxylation is 1. The summed E-state index contributed by atoms with van der Waals surface area (Å²) in [6.07, 6.45) is 11.1. The molecule has 1 fully saturated rings. The van der Waals surface area contributed by atoms with Crippen molar-refractivity contribution in [1.82, 2.24) is 24.3 Å². The molecule has 1 saturated carbocycles. The summed E-state index contributed by atoms with van der Waals surface area (Å²) >= 11 is 1.53. The van der Waals surface area contributed by atoms with Crippen LogP contribution in [0.2, 0.25) is 0 Å². The van der Waals surface area contributed by atoms with Crippen LogP contribution in [0.15, 0.2) is 24.7 Å². The van der Waals surface area contributed by atoms with Crippen LogP contribution in [0.3, 0.4) is 0 Å². The number of hydrogen-bond donors (Lipinski definition) is 2. The summed E-state index contributed by atoms with van der Waals surface area (Å²) in [6.45, 7) is 1.91. The molecule has 152 valence electrons. The second-order valence-electron chi connectivity index (χ2n) is 7.89. The van der Waals surface area contributed by atoms with E-state index in [1.165, 1.54) is 24.2 Å². The number of nitrogens with one attached hydrogen (secondary N) is 1. The van der Waals surface area contributed by atoms with Gasteiger partial charge in [-0.05, 0) is 32.3 Å². The fourth-order valence-corrected chi connectivity index (χ4v) is 4.95. The molecule has 3 N–H and O–H groups in total. The van der Waals surface area contributed by atoms with Crippen LogP contribution >= 0.6 is 11.3 Å². The SMILES string of the molecule is Cc1cn2cc(-c3ncc4nc(NC5CCCCC(N)C5)sc4n3)cc(C#N)c2n1. The quantitative estimate of drug-likeness (QED) is 0.488. The Balaban J connectivity index is 1.47. The van der Waals surface area contributed by atoms with Gasteiger partial charge in [0.25, 0.3) is 0 Å². The summed E-state index contributed by atoms with van der Waals surface area (Å²) in [7, 11) is 0. The molecule has 0 amide bonds. The first-order valence-electron chi connectivity index (χ1n) is 10.1. The molecule has 0 bridgehead atoms. The number of hydrogen-bond acceptors (Lipinski definition) is 8. The molecule has 4 aromatic heterocycles. The maximum absolute atomic E-state index is 9.52. The molecule has 0 saturated heterocycles. The minimum absolute atomic E-state index is 0.252. The minimum atomic E-state index is 0.252. The number of nitrogens with two attached hydrogens (primary N) is 1. The van der Waals surface area contributed by atoms with E-state index in [1.807, 2.05) is 23.7 Å². The summed E-state index contributed by atoms with van der Waals surface area (Å²) < 4.78 is 1.85. The molecule has 0 aromatic carbocycles. The highest BCUT2D eigenvalue weighted by molar-refractivity contribution is 7.21. The Labute approximate surface area is 177 Å². The van der Waals surface area contributed by atoms with E-state index in [1.54, 1.807) is 12.3 Å². The van der Waals surface area contributed by atoms with Gasteiger partial charge in [-0.25, -0.2) is 19.9 Å². The summed E-state index contributed by atoms with van der Waals surface area (Å²) in [5.41, 5.74) is 9.74. The van der Waals surface area contributed by atoms with Crippen LogP contribution in [-0.2, 0) is 0 Å². The lowest BCUT2D eigenvalue weighted by atomic mass is 10.1. The highest BCUT2D eigenvalue weighted by atomic mass is 32.1. The van der Waals surface area contributed by atoms with E-state index in [2.05, 4.69) is 26.3 Å². The molecule has 1 aliphatic rings. The number of pyridine rings is 1. The van der Waals surface area contributed by atoms with Crippen molar-refractivity contribution in [3.8, 4) is 17.5 Å². The Morgan fingerprint density at radius 2 is 2.10 bits per heavy atom. The molecule has 8 nitrogen and oxygen atoms in total. The Bertz CT molecular complexity index is 1270. The zero-order valence-corrected chi connectivity index (χ0v) is 17.5. The lowest BCUT2D eigenvalue weighted by Gasteiger charge is -2.17. The standard InChI is InChI=1S/C21H22N8S/c1-12-10-29-11-14(6-13(8-22)19(29)25-12)18-24-9-17-20(28-18)30-21(27-17)26-16-5-3-2-4-15(23)7-16/h6,9-11,15-16H,2-5,7,23H2,1H3,(H,26,27). The van der Waals surface area contributed by atoms with E-state index in [0.29, 0.717) is 23.1 Å². The van der Waals surface area contributed by atoms with Crippen LogP contribution in [0.4, 0.5) is 5.13 Å². The van der Waals surface area contributed by atoms with E-state index in [0.717, 1.165) is 46.0 Å². The maximum atomic E-state index is 9.52. The van der Waals surface area contributed by atoms with Gasteiger partial charge in [-0.1, -0.05) is 24.2 Å². The lowest BCUT2D eigenvalue weighted by Crippen LogP contribution is -2.28. The molecular weight excluding hydrogens is 396 g/mol. The third-order valence-electron chi connectivity index (χ3n) is 5.49. The zero-order valence-electron chi connectivity index (χ0n) is 16.7. The fraction of sp³-hybridized carbons (Fsp3) is 0.381. The topological polar surface area (TPSA) is 118 Å². The van der Waals surface area contributed by atoms with Crippen LogP contribution in [0, 0.1) is 18.3 Å². The van der Waals surface area contributed by atoms with Crippen molar-refractivity contribution in [3.05, 3.63) is 35.9 Å². The fourth-order valence-electron chi connectivity index (χ4n) is 4.07. The lowest BCUT2D eigenvalue weighted by molar-refractivity contribution is 0.553. The minimum Gasteiger partial charge on any atom is -0.359 e. The first kappa shape index (κ1) is 18.9. The van der Waals surface area contributed by atoms with Gasteiger partial charge in [0.2, 0.25) is 0 Å². The largest absolute Gasteiger partial charge is 0.359 e. The highest BCUT2D eigenvalue weighted by Gasteiger charge is 2.19. The maximum Gasteiger partial charge on any atom is 0.185 e. The Morgan fingerprint density at radius 1 is 1.23 bits per heavy atom. The smallest absolute Gasteiger partial charge is 0.185 e. The molecule has 30 heavy (non-hydrogen) atoms. The van der Waals surface area contributed by atoms with Gasteiger partial charge in [0.1, 0.15) is 16.4 Å². The summed E-state index contributed by atoms with van der Waals surface area (Å²) in [4.78, 5) is 19.1. The van der Waals surface area contributed by atoms with Crippen LogP contribution in [0.25, 0.3) is 27.4 Å². The molecule has 2 atom stereocenters. The third-order valence-corrected chi connectivity index (χ3v) is 6.39. The Kier molecular flexibility index (Phi) is 4.81. The van der Waals surface area contributed by atoms with Gasteiger partial charge in [-0.15, -0.1) is 0 Å². The van der Waals surface area contributed by atoms with Crippen molar-refractivity contribution in [3.63, 3.8) is 0 Å². The van der Waals surface area contributed by atoms with Crippen molar-refractivity contribution < 1.29 is 0 Å². The van der Waals surface area contributed by atoms with Gasteiger partial charge in [0.05, 0.1) is 17.5 Å². The number of imidazole rings is 1. The average Bonchev–Trinajstić information content (AvgIpc) is 3.24. The van der Waals surface area contributed by atoms with Crippen molar-refractivity contribution in [2.75, 3.05) is 5.32 Å². The first-order chi connectivity index (χ1) is 14.6. The van der Waals surface area contributed by atoms with Gasteiger partial charge < -0.3 is 15.5 Å². The molecular formula is C21H22N8S. The van der Waals surface area contributed by atoms with Crippen molar-refractivity contribution in [2.45, 2.75) is 51.1 Å². The number of fused-ring (bicyclic) bond motifs is 2. The molecule has 9 heteroatoms. The Morgan fingerprint density at radius 3 is 2.97 bits per heavy atom. The predicted molar refractivity (Wildman–Crippen MR) is 117 cm³/mol. The number of anilines is 1. The highest BCUT2D eigenvalue weighted by Crippen LogP contribution is 2.29. The van der Waals surface area contributed by atoms with Crippen LogP contribution < -0.4 is 11.1 Å². The third kappa shape index (κ3) is 3.60. The zero-order chi connectivity index (χ0) is 20.7. The van der Waals surface area contributed by atoms with E-state index in [9.17, 15) is 5.26 Å². The van der Waals surface area contributed by atoms with Crippen molar-refractivity contribution in [1.29, 1.82) is 5.26 Å². The molecule has 1 aliphatic carbocycles. The van der Waals surface area contributed by atoms with Crippen LogP contribution in [0.5, 0.6) is 0 Å².